The zero-order chi connectivity index (χ0) is 25.9. The zero-order valence-electron chi connectivity index (χ0n) is 18.7. The molecule has 0 fully saturated rings. The molecule has 1 heterocycles. The molecular formula is C26H20F3N3O4. The molecule has 3 aromatic rings. The normalized spacial score (nSPS) is 13.8. The number of anilines is 1. The van der Waals surface area contributed by atoms with Gasteiger partial charge in [-0.25, -0.2) is 0 Å². The zero-order valence-corrected chi connectivity index (χ0v) is 18.7. The second-order valence-corrected chi connectivity index (χ2v) is 8.06. The number of imide groups is 1. The van der Waals surface area contributed by atoms with Crippen LogP contribution in [0.15, 0.2) is 78.9 Å². The van der Waals surface area contributed by atoms with Crippen LogP contribution < -0.4 is 10.6 Å². The largest absolute Gasteiger partial charge is 0.471 e. The van der Waals surface area contributed by atoms with Crippen molar-refractivity contribution in [1.29, 1.82) is 0 Å². The van der Waals surface area contributed by atoms with E-state index in [-0.39, 0.29) is 35.3 Å². The quantitative estimate of drug-likeness (QED) is 0.489. The highest BCUT2D eigenvalue weighted by Gasteiger charge is 2.43. The fourth-order valence-electron chi connectivity index (χ4n) is 3.92. The van der Waals surface area contributed by atoms with Gasteiger partial charge in [0.2, 0.25) is 5.91 Å². The second kappa shape index (κ2) is 10.0. The Labute approximate surface area is 203 Å². The molecule has 0 radical (unpaired) electrons. The van der Waals surface area contributed by atoms with E-state index in [1.54, 1.807) is 47.8 Å². The van der Waals surface area contributed by atoms with Crippen molar-refractivity contribution in [3.63, 3.8) is 0 Å². The van der Waals surface area contributed by atoms with Crippen LogP contribution in [-0.4, -0.2) is 40.7 Å². The van der Waals surface area contributed by atoms with Gasteiger partial charge < -0.3 is 10.6 Å². The summed E-state index contributed by atoms with van der Waals surface area (Å²) in [6.45, 7) is -0.248. The van der Waals surface area contributed by atoms with Crippen molar-refractivity contribution < 1.29 is 32.3 Å². The third-order valence-electron chi connectivity index (χ3n) is 5.69. The molecule has 1 atom stereocenters. The summed E-state index contributed by atoms with van der Waals surface area (Å²) in [5.74, 6) is -4.03. The molecule has 2 N–H and O–H groups in total. The minimum Gasteiger partial charge on any atom is -0.350 e. The van der Waals surface area contributed by atoms with Gasteiger partial charge >= 0.3 is 12.1 Å². The Morgan fingerprint density at radius 2 is 1.36 bits per heavy atom. The number of amides is 4. The molecule has 4 rings (SSSR count). The molecule has 4 amide bonds. The highest BCUT2D eigenvalue weighted by atomic mass is 19.4. The molecule has 0 aliphatic carbocycles. The van der Waals surface area contributed by atoms with Crippen LogP contribution in [0.4, 0.5) is 18.9 Å². The summed E-state index contributed by atoms with van der Waals surface area (Å²) in [5.41, 5.74) is 1.17. The van der Waals surface area contributed by atoms with Gasteiger partial charge in [-0.15, -0.1) is 0 Å². The number of benzene rings is 3. The average molecular weight is 495 g/mol. The van der Waals surface area contributed by atoms with Crippen LogP contribution >= 0.6 is 0 Å². The highest BCUT2D eigenvalue weighted by molar-refractivity contribution is 6.22. The fourth-order valence-corrected chi connectivity index (χ4v) is 3.92. The van der Waals surface area contributed by atoms with Crippen molar-refractivity contribution in [3.8, 4) is 0 Å². The predicted octanol–water partition coefficient (Wildman–Crippen LogP) is 3.71. The molecule has 36 heavy (non-hydrogen) atoms. The third-order valence-corrected chi connectivity index (χ3v) is 5.69. The number of hydrogen-bond acceptors (Lipinski definition) is 4. The van der Waals surface area contributed by atoms with Gasteiger partial charge in [-0.2, -0.15) is 13.2 Å². The summed E-state index contributed by atoms with van der Waals surface area (Å²) >= 11 is 0. The van der Waals surface area contributed by atoms with Crippen molar-refractivity contribution in [2.45, 2.75) is 25.2 Å². The lowest BCUT2D eigenvalue weighted by atomic mass is 10.0. The smallest absolute Gasteiger partial charge is 0.350 e. The summed E-state index contributed by atoms with van der Waals surface area (Å²) in [5, 5.41) is 4.39. The van der Waals surface area contributed by atoms with E-state index in [4.69, 9.17) is 0 Å². The maximum atomic E-state index is 13.3. The number of rotatable bonds is 7. The Bertz CT molecular complexity index is 1290. The lowest BCUT2D eigenvalue weighted by Gasteiger charge is -2.26. The van der Waals surface area contributed by atoms with E-state index in [1.807, 2.05) is 0 Å². The number of carbonyl (C=O) groups excluding carboxylic acids is 4. The maximum absolute atomic E-state index is 13.3. The second-order valence-electron chi connectivity index (χ2n) is 8.06. The number of nitrogens with zero attached hydrogens (tertiary/aromatic N) is 1. The van der Waals surface area contributed by atoms with Gasteiger partial charge in [0.25, 0.3) is 11.8 Å². The molecule has 0 aromatic heterocycles. The number of halogens is 3. The molecule has 1 aliphatic rings. The molecule has 0 bridgehead atoms. The Balaban J connectivity index is 1.57. The van der Waals surface area contributed by atoms with Gasteiger partial charge in [-0.3, -0.25) is 24.1 Å². The first kappa shape index (κ1) is 24.6. The van der Waals surface area contributed by atoms with Crippen LogP contribution in [0.25, 0.3) is 0 Å². The Kier molecular flexibility index (Phi) is 6.86. The third kappa shape index (κ3) is 5.12. The van der Waals surface area contributed by atoms with E-state index in [9.17, 15) is 32.3 Å². The number of alkyl halides is 3. The van der Waals surface area contributed by atoms with Crippen LogP contribution in [0.1, 0.15) is 31.8 Å². The number of nitrogens with one attached hydrogen (secondary N) is 2. The van der Waals surface area contributed by atoms with Crippen molar-refractivity contribution in [2.24, 2.45) is 0 Å². The van der Waals surface area contributed by atoms with Gasteiger partial charge in [0, 0.05) is 18.7 Å². The van der Waals surface area contributed by atoms with Crippen LogP contribution in [-0.2, 0) is 22.6 Å². The fraction of sp³-hybridized carbons (Fsp3) is 0.154. The molecular weight excluding hydrogens is 475 g/mol. The molecule has 0 saturated heterocycles. The molecule has 10 heteroatoms. The monoisotopic (exact) mass is 495 g/mol. The first-order valence-corrected chi connectivity index (χ1v) is 10.9. The Hall–Kier alpha value is -4.47. The van der Waals surface area contributed by atoms with Gasteiger partial charge in [0.1, 0.15) is 6.04 Å². The highest BCUT2D eigenvalue weighted by Crippen LogP contribution is 2.26. The number of fused-ring (bicyclic) bond motifs is 1. The van der Waals surface area contributed by atoms with E-state index < -0.39 is 35.8 Å². The summed E-state index contributed by atoms with van der Waals surface area (Å²) < 4.78 is 38.1. The molecule has 0 spiro atoms. The van der Waals surface area contributed by atoms with Gasteiger partial charge in [0.05, 0.1) is 11.1 Å². The average Bonchev–Trinajstić information content (AvgIpc) is 3.11. The SMILES string of the molecule is O=C(NCc1ccccc1NC(=O)C(F)(F)F)C(Cc1ccccc1)N1C(=O)c2ccccc2C1=O. The van der Waals surface area contributed by atoms with Crippen molar-refractivity contribution in [2.75, 3.05) is 5.32 Å². The molecule has 7 nitrogen and oxygen atoms in total. The lowest BCUT2D eigenvalue weighted by molar-refractivity contribution is -0.167. The van der Waals surface area contributed by atoms with Crippen LogP contribution in [0.2, 0.25) is 0 Å². The van der Waals surface area contributed by atoms with Gasteiger partial charge in [-0.1, -0.05) is 60.7 Å². The van der Waals surface area contributed by atoms with Crippen molar-refractivity contribution in [3.05, 3.63) is 101 Å². The first-order valence-electron chi connectivity index (χ1n) is 10.9. The van der Waals surface area contributed by atoms with Crippen LogP contribution in [0.3, 0.4) is 0 Å². The van der Waals surface area contributed by atoms with Crippen LogP contribution in [0.5, 0.6) is 0 Å². The summed E-state index contributed by atoms with van der Waals surface area (Å²) in [7, 11) is 0. The molecule has 3 aromatic carbocycles. The van der Waals surface area contributed by atoms with Gasteiger partial charge in [0.15, 0.2) is 0 Å². The topological polar surface area (TPSA) is 95.6 Å². The molecule has 0 saturated carbocycles. The molecule has 1 unspecified atom stereocenters. The first-order chi connectivity index (χ1) is 17.2. The number of hydrogen-bond donors (Lipinski definition) is 2. The van der Waals surface area contributed by atoms with Crippen molar-refractivity contribution >= 4 is 29.3 Å². The standard InChI is InChI=1S/C26H20F3N3O4/c27-26(28,29)25(36)31-20-13-7-4-10-17(20)15-30-22(33)21(14-16-8-2-1-3-9-16)32-23(34)18-11-5-6-12-19(18)24(32)35/h1-13,21H,14-15H2,(H,30,33)(H,31,36). The molecule has 1 aliphatic heterocycles. The summed E-state index contributed by atoms with van der Waals surface area (Å²) in [4.78, 5) is 51.7. The number of carbonyl (C=O) groups is 4. The number of para-hydroxylation sites is 1. The van der Waals surface area contributed by atoms with Crippen LogP contribution in [0, 0.1) is 0 Å². The Morgan fingerprint density at radius 1 is 0.806 bits per heavy atom. The van der Waals surface area contributed by atoms with E-state index >= 15 is 0 Å². The lowest BCUT2D eigenvalue weighted by Crippen LogP contribution is -2.50. The van der Waals surface area contributed by atoms with E-state index in [2.05, 4.69) is 5.32 Å². The van der Waals surface area contributed by atoms with Crippen molar-refractivity contribution in [1.82, 2.24) is 10.2 Å². The van der Waals surface area contributed by atoms with E-state index in [0.29, 0.717) is 5.56 Å². The van der Waals surface area contributed by atoms with E-state index in [0.717, 1.165) is 4.90 Å². The maximum Gasteiger partial charge on any atom is 0.471 e. The molecule has 184 valence electrons. The van der Waals surface area contributed by atoms with E-state index in [1.165, 1.54) is 36.4 Å². The van der Waals surface area contributed by atoms with Gasteiger partial charge in [-0.05, 0) is 29.3 Å². The predicted molar refractivity (Wildman–Crippen MR) is 124 cm³/mol. The summed E-state index contributed by atoms with van der Waals surface area (Å²) in [6, 6.07) is 19.5. The minimum absolute atomic E-state index is 0.0323. The Morgan fingerprint density at radius 3 is 1.97 bits per heavy atom. The summed E-state index contributed by atoms with van der Waals surface area (Å²) in [6.07, 6.45) is -5.05. The minimum atomic E-state index is -5.08.